The molecular weight excluding hydrogens is 505 g/mol. The molecule has 2 aromatic carbocycles. The molecule has 1 unspecified atom stereocenters. The molecule has 10 heteroatoms. The predicted octanol–water partition coefficient (Wildman–Crippen LogP) is 4.09. The molecule has 0 bridgehead atoms. The molecule has 0 aromatic heterocycles. The van der Waals surface area contributed by atoms with E-state index in [4.69, 9.17) is 16.3 Å². The summed E-state index contributed by atoms with van der Waals surface area (Å²) in [4.78, 5) is 14.7. The van der Waals surface area contributed by atoms with Crippen molar-refractivity contribution in [2.75, 3.05) is 40.9 Å². The van der Waals surface area contributed by atoms with Crippen LogP contribution in [0.15, 0.2) is 53.4 Å². The van der Waals surface area contributed by atoms with Gasteiger partial charge in [-0.3, -0.25) is 4.79 Å². The number of nitrogens with one attached hydrogen (secondary N) is 1. The van der Waals surface area contributed by atoms with Gasteiger partial charge in [0.2, 0.25) is 15.9 Å². The second-order valence-electron chi connectivity index (χ2n) is 9.47. The summed E-state index contributed by atoms with van der Waals surface area (Å²) in [6.07, 6.45) is 3.65. The van der Waals surface area contributed by atoms with Crippen molar-refractivity contribution >= 4 is 27.5 Å². The highest BCUT2D eigenvalue weighted by molar-refractivity contribution is 7.89. The van der Waals surface area contributed by atoms with Crippen LogP contribution in [0.1, 0.15) is 37.3 Å². The summed E-state index contributed by atoms with van der Waals surface area (Å²) in [5.74, 6) is -0.0166. The molecule has 2 aromatic rings. The maximum absolute atomic E-state index is 13.4. The number of rotatable bonds is 11. The first-order chi connectivity index (χ1) is 17.1. The van der Waals surface area contributed by atoms with Crippen molar-refractivity contribution in [3.63, 3.8) is 0 Å². The Labute approximate surface area is 218 Å². The lowest BCUT2D eigenvalue weighted by Gasteiger charge is -2.37. The number of nitrogens with zero attached hydrogens (tertiary/aromatic N) is 2. The number of carbonyl (C=O) groups excluding carboxylic acids is 1. The van der Waals surface area contributed by atoms with Crippen molar-refractivity contribution in [3.05, 3.63) is 64.9 Å². The highest BCUT2D eigenvalue weighted by atomic mass is 35.5. The third-order valence-corrected chi connectivity index (χ3v) is 8.78. The SMILES string of the molecule is CN(C)C(c1ccc(F)cc1)C1CCC(NC(=O)COCCN(C)S(=O)(=O)c2ccc(Cl)cc2)CC1. The molecule has 0 heterocycles. The lowest BCUT2D eigenvalue weighted by molar-refractivity contribution is -0.126. The van der Waals surface area contributed by atoms with Gasteiger partial charge in [-0.05, 0) is 87.7 Å². The van der Waals surface area contributed by atoms with E-state index >= 15 is 0 Å². The molecule has 1 N–H and O–H groups in total. The van der Waals surface area contributed by atoms with Crippen LogP contribution in [0.3, 0.4) is 0 Å². The second kappa shape index (κ2) is 13.0. The van der Waals surface area contributed by atoms with E-state index in [0.29, 0.717) is 10.9 Å². The van der Waals surface area contributed by atoms with Gasteiger partial charge in [0.05, 0.1) is 11.5 Å². The fraction of sp³-hybridized carbons (Fsp3) is 0.500. The van der Waals surface area contributed by atoms with E-state index in [1.54, 1.807) is 0 Å². The Hall–Kier alpha value is -2.04. The van der Waals surface area contributed by atoms with Gasteiger partial charge in [-0.25, -0.2) is 12.8 Å². The Morgan fingerprint density at radius 1 is 1.06 bits per heavy atom. The number of amides is 1. The number of hydrogen-bond donors (Lipinski definition) is 1. The number of sulfonamides is 1. The summed E-state index contributed by atoms with van der Waals surface area (Å²) < 4.78 is 45.2. The minimum Gasteiger partial charge on any atom is -0.370 e. The van der Waals surface area contributed by atoms with Crippen LogP contribution in [0.5, 0.6) is 0 Å². The van der Waals surface area contributed by atoms with E-state index in [1.165, 1.54) is 47.8 Å². The van der Waals surface area contributed by atoms with Crippen LogP contribution in [0.25, 0.3) is 0 Å². The Morgan fingerprint density at radius 3 is 2.25 bits per heavy atom. The summed E-state index contributed by atoms with van der Waals surface area (Å²) in [6.45, 7) is 0.106. The molecule has 198 valence electrons. The zero-order chi connectivity index (χ0) is 26.3. The van der Waals surface area contributed by atoms with Gasteiger partial charge < -0.3 is 15.0 Å². The van der Waals surface area contributed by atoms with Gasteiger partial charge in [0.15, 0.2) is 0 Å². The third-order valence-electron chi connectivity index (χ3n) is 6.66. The Balaban J connectivity index is 1.39. The van der Waals surface area contributed by atoms with Gasteiger partial charge in [0.1, 0.15) is 12.4 Å². The van der Waals surface area contributed by atoms with Crippen LogP contribution >= 0.6 is 11.6 Å². The summed E-state index contributed by atoms with van der Waals surface area (Å²) in [6, 6.07) is 13.0. The Bertz CT molecular complexity index is 1090. The number of likely N-dealkylation sites (N-methyl/N-ethyl adjacent to an activating group) is 1. The van der Waals surface area contributed by atoms with E-state index in [9.17, 15) is 17.6 Å². The van der Waals surface area contributed by atoms with Gasteiger partial charge in [-0.15, -0.1) is 0 Å². The molecule has 1 saturated carbocycles. The average Bonchev–Trinajstić information content (AvgIpc) is 2.84. The molecule has 0 spiro atoms. The van der Waals surface area contributed by atoms with E-state index in [0.717, 1.165) is 31.2 Å². The molecule has 1 aliphatic rings. The molecule has 36 heavy (non-hydrogen) atoms. The summed E-state index contributed by atoms with van der Waals surface area (Å²) in [5, 5.41) is 3.50. The van der Waals surface area contributed by atoms with E-state index in [-0.39, 0.29) is 48.5 Å². The van der Waals surface area contributed by atoms with Crippen LogP contribution in [0.2, 0.25) is 5.02 Å². The minimum atomic E-state index is -3.65. The highest BCUT2D eigenvalue weighted by Crippen LogP contribution is 2.37. The Kier molecular flexibility index (Phi) is 10.3. The van der Waals surface area contributed by atoms with Crippen molar-refractivity contribution < 1.29 is 22.3 Å². The fourth-order valence-electron chi connectivity index (χ4n) is 4.77. The molecule has 0 aliphatic heterocycles. The molecule has 1 fully saturated rings. The van der Waals surface area contributed by atoms with Crippen LogP contribution in [-0.2, 0) is 19.6 Å². The van der Waals surface area contributed by atoms with E-state index < -0.39 is 10.0 Å². The van der Waals surface area contributed by atoms with Gasteiger partial charge in [0, 0.05) is 30.7 Å². The summed E-state index contributed by atoms with van der Waals surface area (Å²) >= 11 is 5.83. The first-order valence-corrected chi connectivity index (χ1v) is 13.9. The van der Waals surface area contributed by atoms with Crippen LogP contribution in [-0.4, -0.2) is 70.5 Å². The molecular formula is C26H35ClFN3O4S. The van der Waals surface area contributed by atoms with E-state index in [1.807, 2.05) is 26.2 Å². The molecule has 1 amide bonds. The van der Waals surface area contributed by atoms with Crippen LogP contribution in [0, 0.1) is 11.7 Å². The smallest absolute Gasteiger partial charge is 0.246 e. The molecule has 0 saturated heterocycles. The Morgan fingerprint density at radius 2 is 1.67 bits per heavy atom. The fourth-order valence-corrected chi connectivity index (χ4v) is 6.05. The minimum absolute atomic E-state index is 0.0846. The number of halogens is 2. The first-order valence-electron chi connectivity index (χ1n) is 12.1. The topological polar surface area (TPSA) is 79.0 Å². The van der Waals surface area contributed by atoms with Gasteiger partial charge >= 0.3 is 0 Å². The summed E-state index contributed by atoms with van der Waals surface area (Å²) in [7, 11) is 1.90. The van der Waals surface area contributed by atoms with Crippen molar-refractivity contribution in [1.29, 1.82) is 0 Å². The highest BCUT2D eigenvalue weighted by Gasteiger charge is 2.30. The lowest BCUT2D eigenvalue weighted by Crippen LogP contribution is -2.41. The van der Waals surface area contributed by atoms with Crippen molar-refractivity contribution in [1.82, 2.24) is 14.5 Å². The maximum Gasteiger partial charge on any atom is 0.246 e. The normalized spacial score (nSPS) is 19.4. The van der Waals surface area contributed by atoms with Crippen molar-refractivity contribution in [2.24, 2.45) is 5.92 Å². The number of benzene rings is 2. The van der Waals surface area contributed by atoms with Gasteiger partial charge in [0.25, 0.3) is 0 Å². The van der Waals surface area contributed by atoms with Gasteiger partial charge in [-0.1, -0.05) is 23.7 Å². The van der Waals surface area contributed by atoms with Crippen molar-refractivity contribution in [2.45, 2.75) is 42.7 Å². The van der Waals surface area contributed by atoms with Crippen LogP contribution < -0.4 is 5.32 Å². The van der Waals surface area contributed by atoms with E-state index in [2.05, 4.69) is 10.2 Å². The molecule has 3 rings (SSSR count). The quantitative estimate of drug-likeness (QED) is 0.435. The summed E-state index contributed by atoms with van der Waals surface area (Å²) in [5.41, 5.74) is 1.10. The lowest BCUT2D eigenvalue weighted by atomic mass is 9.78. The third kappa shape index (κ3) is 7.73. The standard InChI is InChI=1S/C26H35ClFN3O4S/c1-30(2)26(19-4-10-22(28)11-5-19)20-6-12-23(13-7-20)29-25(32)18-35-17-16-31(3)36(33,34)24-14-8-21(27)9-15-24/h4-5,8-11,14-15,20,23,26H,6-7,12-13,16-18H2,1-3H3,(H,29,32). The number of hydrogen-bond acceptors (Lipinski definition) is 5. The van der Waals surface area contributed by atoms with Crippen LogP contribution in [0.4, 0.5) is 4.39 Å². The maximum atomic E-state index is 13.4. The first kappa shape index (κ1) is 28.5. The van der Waals surface area contributed by atoms with Crippen molar-refractivity contribution in [3.8, 4) is 0 Å². The zero-order valence-electron chi connectivity index (χ0n) is 21.0. The molecule has 1 aliphatic carbocycles. The average molecular weight is 540 g/mol. The predicted molar refractivity (Wildman–Crippen MR) is 139 cm³/mol. The zero-order valence-corrected chi connectivity index (χ0v) is 22.6. The molecule has 0 radical (unpaired) electrons. The second-order valence-corrected chi connectivity index (χ2v) is 12.0. The molecule has 7 nitrogen and oxygen atoms in total. The number of carbonyl (C=O) groups is 1. The monoisotopic (exact) mass is 539 g/mol. The van der Waals surface area contributed by atoms with Gasteiger partial charge in [-0.2, -0.15) is 4.31 Å². The number of ether oxygens (including phenoxy) is 1. The molecule has 1 atom stereocenters. The largest absolute Gasteiger partial charge is 0.370 e.